The predicted molar refractivity (Wildman–Crippen MR) is 250 cm³/mol. The lowest BCUT2D eigenvalue weighted by molar-refractivity contribution is -0.160. The van der Waals surface area contributed by atoms with Gasteiger partial charge in [0.05, 0.1) is 53.0 Å². The number of esters is 1. The van der Waals surface area contributed by atoms with Crippen molar-refractivity contribution < 1.29 is 58.9 Å². The van der Waals surface area contributed by atoms with Gasteiger partial charge in [-0.05, 0) is 31.9 Å². The third kappa shape index (κ3) is 10.2. The van der Waals surface area contributed by atoms with Gasteiger partial charge in [-0.15, -0.1) is 0 Å². The van der Waals surface area contributed by atoms with Gasteiger partial charge in [-0.2, -0.15) is 5.10 Å². The average Bonchev–Trinajstić information content (AvgIpc) is 3.56. The number of piperazine rings is 1. The van der Waals surface area contributed by atoms with Crippen molar-refractivity contribution in [2.24, 2.45) is 28.8 Å². The minimum atomic E-state index is -2.06. The van der Waals surface area contributed by atoms with E-state index >= 15 is 0 Å². The van der Waals surface area contributed by atoms with E-state index in [1.165, 1.54) is 65.0 Å². The van der Waals surface area contributed by atoms with Crippen LogP contribution >= 0.6 is 0 Å². The number of carbonyl (C=O) groups excluding carboxylic acids is 3. The quantitative estimate of drug-likeness (QED) is 0.0699. The summed E-state index contributed by atoms with van der Waals surface area (Å²) in [5.41, 5.74) is 0.883. The van der Waals surface area contributed by atoms with Crippen LogP contribution in [0.4, 0.5) is 5.69 Å². The molecule has 0 saturated carbocycles. The van der Waals surface area contributed by atoms with Gasteiger partial charge in [0.25, 0.3) is 11.7 Å². The number of phenols is 3. The fraction of sp³-hybridized carbons (Fsp3) is 0.480. The number of anilines is 1. The molecule has 3 aromatic rings. The molecule has 1 amide bonds. The molecule has 16 nitrogen and oxygen atoms in total. The zero-order chi connectivity index (χ0) is 48.2. The first-order valence-corrected chi connectivity index (χ1v) is 22.4. The highest BCUT2D eigenvalue weighted by atomic mass is 16.7. The number of methoxy groups -OCH3 is 1. The zero-order valence-electron chi connectivity index (χ0n) is 39.1. The van der Waals surface area contributed by atoms with Crippen molar-refractivity contribution in [1.82, 2.24) is 9.91 Å². The van der Waals surface area contributed by atoms with Crippen LogP contribution in [0.25, 0.3) is 10.8 Å². The number of ketones is 1. The van der Waals surface area contributed by atoms with E-state index in [2.05, 4.69) is 27.5 Å². The maximum absolute atomic E-state index is 14.6. The number of aliphatic hydroxyl groups excluding tert-OH is 2. The Morgan fingerprint density at radius 1 is 0.924 bits per heavy atom. The van der Waals surface area contributed by atoms with E-state index < -0.39 is 88.8 Å². The van der Waals surface area contributed by atoms with Gasteiger partial charge in [-0.25, -0.2) is 0 Å². The summed E-state index contributed by atoms with van der Waals surface area (Å²) in [6, 6.07) is 10.2. The Balaban J connectivity index is 1.43. The molecule has 66 heavy (non-hydrogen) atoms. The molecule has 16 heteroatoms. The number of aromatic hydroxyl groups is 3. The first-order valence-electron chi connectivity index (χ1n) is 22.4. The smallest absolute Gasteiger partial charge is 0.312 e. The highest BCUT2D eigenvalue weighted by Gasteiger charge is 2.50. The summed E-state index contributed by atoms with van der Waals surface area (Å²) < 4.78 is 23.7. The van der Waals surface area contributed by atoms with Crippen molar-refractivity contribution in [3.63, 3.8) is 0 Å². The molecule has 0 aliphatic carbocycles. The van der Waals surface area contributed by atoms with E-state index in [0.29, 0.717) is 26.2 Å². The SMILES string of the molecule is COC1C=COC2(C)Oc3c(C)c(O)c4c(O)c(c(C=NN5CCN(CCc6ccccc6)CC5)c(O)c4c3C2=O)NC(=O)C(C)=CC=CC(C)C(O)C(C)C(O)C(C)C(OC(C)=O)C1C. The van der Waals surface area contributed by atoms with Crippen LogP contribution in [0.2, 0.25) is 0 Å². The lowest BCUT2D eigenvalue weighted by Gasteiger charge is -2.38. The number of ether oxygens (including phenoxy) is 4. The minimum absolute atomic E-state index is 0.0538. The third-order valence-corrected chi connectivity index (χ3v) is 13.3. The summed E-state index contributed by atoms with van der Waals surface area (Å²) in [6.07, 6.45) is 5.78. The number of hydrogen-bond acceptors (Lipinski definition) is 15. The van der Waals surface area contributed by atoms with E-state index in [1.807, 2.05) is 23.2 Å². The average molecular weight is 913 g/mol. The van der Waals surface area contributed by atoms with Gasteiger partial charge in [-0.1, -0.05) is 76.3 Å². The number of carbonyl (C=O) groups is 3. The fourth-order valence-corrected chi connectivity index (χ4v) is 9.02. The van der Waals surface area contributed by atoms with Gasteiger partial charge >= 0.3 is 11.8 Å². The van der Waals surface area contributed by atoms with Crippen LogP contribution in [-0.2, 0) is 30.2 Å². The predicted octanol–water partition coefficient (Wildman–Crippen LogP) is 5.95. The number of benzene rings is 3. The number of amides is 1. The molecule has 1 fully saturated rings. The molecule has 7 rings (SSSR count). The Morgan fingerprint density at radius 2 is 1.61 bits per heavy atom. The second-order valence-corrected chi connectivity index (χ2v) is 17.9. The van der Waals surface area contributed by atoms with Crippen molar-refractivity contribution in [1.29, 1.82) is 0 Å². The zero-order valence-corrected chi connectivity index (χ0v) is 39.1. The summed E-state index contributed by atoms with van der Waals surface area (Å²) in [4.78, 5) is 43.2. The van der Waals surface area contributed by atoms with E-state index in [-0.39, 0.29) is 44.5 Å². The van der Waals surface area contributed by atoms with Crippen LogP contribution in [0, 0.1) is 30.6 Å². The normalized spacial score (nSPS) is 28.1. The Hall–Kier alpha value is -5.94. The molecule has 0 radical (unpaired) electrons. The van der Waals surface area contributed by atoms with Gasteiger partial charge in [0.1, 0.15) is 23.4 Å². The lowest BCUT2D eigenvalue weighted by atomic mass is 9.78. The highest BCUT2D eigenvalue weighted by molar-refractivity contribution is 6.23. The van der Waals surface area contributed by atoms with Crippen LogP contribution in [-0.4, -0.2) is 129 Å². The van der Waals surface area contributed by atoms with Crippen molar-refractivity contribution in [2.45, 2.75) is 92.0 Å². The topological polar surface area (TPSA) is 220 Å². The number of Topliss-reactive ketones (excluding diaryl/α,β-unsaturated/α-hetero) is 1. The van der Waals surface area contributed by atoms with Gasteiger partial charge in [0.2, 0.25) is 0 Å². The number of aliphatic hydroxyl groups is 2. The molecule has 6 N–H and O–H groups in total. The monoisotopic (exact) mass is 912 g/mol. The van der Waals surface area contributed by atoms with E-state index in [4.69, 9.17) is 18.9 Å². The number of nitrogens with zero attached hydrogens (tertiary/aromatic N) is 3. The van der Waals surface area contributed by atoms with Crippen LogP contribution in [0.3, 0.4) is 0 Å². The number of rotatable bonds is 7. The molecule has 5 bridgehead atoms. The van der Waals surface area contributed by atoms with Crippen molar-refractivity contribution in [3.8, 4) is 23.0 Å². The standard InChI is InChI=1S/C50H64N4O12/c1-27-14-13-15-28(2)49(62)52-40-35(26-51-54-23-21-53(22-24-54)20-18-34-16-11-10-12-17-34)44(59)37-38(45(40)60)43(58)32(6)47-39(37)48(61)50(8,66-47)64-25-19-36(63-9)29(3)46(65-33(7)55)31(5)42(57)30(4)41(27)56/h10-17,19,25-27,29-31,36,41-42,46,56-60H,18,20-24H2,1-9H3,(H,52,62). The number of allylic oxidation sites excluding steroid dienone is 2. The van der Waals surface area contributed by atoms with Crippen LogP contribution in [0.15, 0.2) is 71.6 Å². The second kappa shape index (κ2) is 20.7. The molecular weight excluding hydrogens is 849 g/mol. The summed E-state index contributed by atoms with van der Waals surface area (Å²) >= 11 is 0. The number of hydrazone groups is 1. The maximum Gasteiger partial charge on any atom is 0.312 e. The van der Waals surface area contributed by atoms with Crippen LogP contribution < -0.4 is 10.1 Å². The van der Waals surface area contributed by atoms with E-state index in [1.54, 1.807) is 39.8 Å². The fourth-order valence-electron chi connectivity index (χ4n) is 9.02. The molecule has 0 aromatic heterocycles. The summed E-state index contributed by atoms with van der Waals surface area (Å²) in [5.74, 6) is -8.40. The van der Waals surface area contributed by atoms with Gasteiger partial charge in [-0.3, -0.25) is 24.3 Å². The van der Waals surface area contributed by atoms with E-state index in [9.17, 15) is 39.9 Å². The molecule has 356 valence electrons. The van der Waals surface area contributed by atoms with Gasteiger partial charge < -0.3 is 49.8 Å². The molecule has 4 heterocycles. The molecule has 9 unspecified atom stereocenters. The number of phenolic OH excluding ortho intramolecular Hbond substituents is 3. The van der Waals surface area contributed by atoms with Gasteiger partial charge in [0, 0.05) is 93.9 Å². The van der Waals surface area contributed by atoms with Gasteiger partial charge in [0.15, 0.2) is 5.75 Å². The van der Waals surface area contributed by atoms with Crippen LogP contribution in [0.5, 0.6) is 23.0 Å². The first kappa shape index (κ1) is 49.5. The molecule has 4 aliphatic heterocycles. The maximum atomic E-state index is 14.6. The first-order chi connectivity index (χ1) is 31.3. The molecule has 0 spiro atoms. The molecule has 1 saturated heterocycles. The summed E-state index contributed by atoms with van der Waals surface area (Å²) in [7, 11) is 1.44. The Kier molecular flexibility index (Phi) is 15.5. The number of fused-ring (bicyclic) bond motifs is 14. The highest BCUT2D eigenvalue weighted by Crippen LogP contribution is 2.55. The molecule has 4 aliphatic rings. The minimum Gasteiger partial charge on any atom is -0.507 e. The lowest BCUT2D eigenvalue weighted by Crippen LogP contribution is -2.46. The molecule has 9 atom stereocenters. The largest absolute Gasteiger partial charge is 0.507 e. The summed E-state index contributed by atoms with van der Waals surface area (Å²) in [6.45, 7) is 15.9. The number of nitrogens with one attached hydrogen (secondary N) is 1. The van der Waals surface area contributed by atoms with E-state index in [0.717, 1.165) is 13.0 Å². The summed E-state index contributed by atoms with van der Waals surface area (Å²) in [5, 5.41) is 67.6. The van der Waals surface area contributed by atoms with Crippen molar-refractivity contribution >= 4 is 40.3 Å². The third-order valence-electron chi connectivity index (χ3n) is 13.3. The van der Waals surface area contributed by atoms with Crippen molar-refractivity contribution in [3.05, 3.63) is 88.7 Å². The Bertz CT molecular complexity index is 2410. The molecule has 3 aromatic carbocycles. The van der Waals surface area contributed by atoms with Crippen molar-refractivity contribution in [2.75, 3.05) is 45.2 Å². The number of hydrogen-bond donors (Lipinski definition) is 6. The Morgan fingerprint density at radius 3 is 2.26 bits per heavy atom. The van der Waals surface area contributed by atoms with Crippen LogP contribution in [0.1, 0.15) is 75.5 Å². The molecular formula is C50H64N4O12. The second-order valence-electron chi connectivity index (χ2n) is 17.9. The Labute approximate surface area is 385 Å².